The number of nitrogens with zero attached hydrogens (tertiary/aromatic N) is 2. The molecule has 1 fully saturated rings. The minimum Gasteiger partial charge on any atom is -0.351 e. The van der Waals surface area contributed by atoms with Crippen LogP contribution in [0, 0.1) is 5.92 Å². The zero-order valence-electron chi connectivity index (χ0n) is 12.7. The van der Waals surface area contributed by atoms with Crippen LogP contribution in [0.4, 0.5) is 0 Å². The van der Waals surface area contributed by atoms with E-state index in [4.69, 9.17) is 4.52 Å². The van der Waals surface area contributed by atoms with Crippen molar-refractivity contribution in [2.75, 3.05) is 26.7 Å². The largest absolute Gasteiger partial charge is 0.351 e. The van der Waals surface area contributed by atoms with Gasteiger partial charge in [-0.05, 0) is 44.7 Å². The fraction of sp³-hybridized carbons (Fsp3) is 0.733. The summed E-state index contributed by atoms with van der Waals surface area (Å²) in [6.07, 6.45) is 3.36. The molecule has 0 aromatic carbocycles. The number of hydrogen-bond donors (Lipinski definition) is 1. The van der Waals surface area contributed by atoms with Crippen molar-refractivity contribution in [3.05, 3.63) is 17.5 Å². The van der Waals surface area contributed by atoms with Crippen LogP contribution in [0.1, 0.15) is 55.3 Å². The monoisotopic (exact) mass is 279 g/mol. The highest BCUT2D eigenvalue weighted by Gasteiger charge is 2.26. The number of likely N-dealkylation sites (tertiary alicyclic amines) is 1. The number of amides is 1. The van der Waals surface area contributed by atoms with Crippen molar-refractivity contribution in [1.82, 2.24) is 15.4 Å². The van der Waals surface area contributed by atoms with E-state index in [0.717, 1.165) is 44.1 Å². The lowest BCUT2D eigenvalue weighted by atomic mass is 9.93. The molecular formula is C15H25N3O2. The molecule has 5 nitrogen and oxygen atoms in total. The van der Waals surface area contributed by atoms with Gasteiger partial charge in [0.25, 0.3) is 5.91 Å². The van der Waals surface area contributed by atoms with E-state index in [1.54, 1.807) is 6.07 Å². The average Bonchev–Trinajstić information content (AvgIpc) is 2.95. The van der Waals surface area contributed by atoms with Gasteiger partial charge in [0.05, 0.1) is 5.69 Å². The van der Waals surface area contributed by atoms with E-state index in [0.29, 0.717) is 5.76 Å². The molecule has 0 unspecified atom stereocenters. The molecular weight excluding hydrogens is 254 g/mol. The lowest BCUT2D eigenvalue weighted by Gasteiger charge is -2.31. The number of hydrogen-bond acceptors (Lipinski definition) is 4. The zero-order chi connectivity index (χ0) is 14.5. The minimum atomic E-state index is -0.0172. The molecule has 0 radical (unpaired) electrons. The third-order valence-corrected chi connectivity index (χ3v) is 4.04. The first-order valence-electron chi connectivity index (χ1n) is 7.52. The fourth-order valence-corrected chi connectivity index (χ4v) is 2.59. The van der Waals surface area contributed by atoms with E-state index in [9.17, 15) is 4.79 Å². The second-order valence-corrected chi connectivity index (χ2v) is 5.90. The van der Waals surface area contributed by atoms with Gasteiger partial charge in [-0.1, -0.05) is 19.0 Å². The Balaban J connectivity index is 1.87. The molecule has 1 saturated heterocycles. The first kappa shape index (κ1) is 15.0. The van der Waals surface area contributed by atoms with Crippen LogP contribution >= 0.6 is 0 Å². The van der Waals surface area contributed by atoms with Crippen molar-refractivity contribution in [3.63, 3.8) is 0 Å². The third-order valence-electron chi connectivity index (χ3n) is 4.04. The molecule has 20 heavy (non-hydrogen) atoms. The van der Waals surface area contributed by atoms with Crippen LogP contribution in [0.15, 0.2) is 10.6 Å². The summed E-state index contributed by atoms with van der Waals surface area (Å²) in [4.78, 5) is 14.2. The Hall–Kier alpha value is -1.36. The second-order valence-electron chi connectivity index (χ2n) is 5.90. The van der Waals surface area contributed by atoms with E-state index in [-0.39, 0.29) is 11.8 Å². The van der Waals surface area contributed by atoms with Gasteiger partial charge in [0.1, 0.15) is 0 Å². The summed E-state index contributed by atoms with van der Waals surface area (Å²) in [5.74, 6) is 1.37. The lowest BCUT2D eigenvalue weighted by molar-refractivity contribution is 0.0645. The molecule has 1 aromatic rings. The SMILES string of the molecule is CNCCC1CCN(C(=O)c2cc(C(C)C)no2)CC1. The van der Waals surface area contributed by atoms with Crippen LogP contribution in [-0.2, 0) is 0 Å². The lowest BCUT2D eigenvalue weighted by Crippen LogP contribution is -2.38. The Bertz CT molecular complexity index is 434. The third kappa shape index (κ3) is 3.60. The molecule has 1 N–H and O–H groups in total. The van der Waals surface area contributed by atoms with E-state index in [1.165, 1.54) is 6.42 Å². The van der Waals surface area contributed by atoms with Crippen molar-refractivity contribution in [2.24, 2.45) is 5.92 Å². The topological polar surface area (TPSA) is 58.4 Å². The predicted octanol–water partition coefficient (Wildman–Crippen LogP) is 2.26. The van der Waals surface area contributed by atoms with Crippen molar-refractivity contribution in [3.8, 4) is 0 Å². The Kier molecular flexibility index (Phi) is 5.17. The van der Waals surface area contributed by atoms with Gasteiger partial charge in [-0.25, -0.2) is 0 Å². The molecule has 0 atom stereocenters. The van der Waals surface area contributed by atoms with Gasteiger partial charge in [0, 0.05) is 19.2 Å². The fourth-order valence-electron chi connectivity index (χ4n) is 2.59. The first-order valence-corrected chi connectivity index (χ1v) is 7.52. The molecule has 0 bridgehead atoms. The van der Waals surface area contributed by atoms with Crippen LogP contribution in [-0.4, -0.2) is 42.6 Å². The summed E-state index contributed by atoms with van der Waals surface area (Å²) in [7, 11) is 1.98. The van der Waals surface area contributed by atoms with Gasteiger partial charge < -0.3 is 14.7 Å². The predicted molar refractivity (Wildman–Crippen MR) is 77.8 cm³/mol. The van der Waals surface area contributed by atoms with Crippen LogP contribution in [0.5, 0.6) is 0 Å². The van der Waals surface area contributed by atoms with Gasteiger partial charge in [-0.2, -0.15) is 0 Å². The molecule has 1 aromatic heterocycles. The van der Waals surface area contributed by atoms with E-state index in [1.807, 2.05) is 25.8 Å². The maximum Gasteiger partial charge on any atom is 0.292 e. The summed E-state index contributed by atoms with van der Waals surface area (Å²) >= 11 is 0. The Morgan fingerprint density at radius 1 is 1.50 bits per heavy atom. The van der Waals surface area contributed by atoms with Crippen molar-refractivity contribution in [1.29, 1.82) is 0 Å². The van der Waals surface area contributed by atoms with Crippen LogP contribution in [0.2, 0.25) is 0 Å². The molecule has 112 valence electrons. The number of aromatic nitrogens is 1. The first-order chi connectivity index (χ1) is 9.61. The molecule has 2 rings (SSSR count). The van der Waals surface area contributed by atoms with Crippen molar-refractivity contribution in [2.45, 2.75) is 39.0 Å². The minimum absolute atomic E-state index is 0.0172. The van der Waals surface area contributed by atoms with E-state index in [2.05, 4.69) is 10.5 Å². The van der Waals surface area contributed by atoms with Gasteiger partial charge in [0.15, 0.2) is 0 Å². The molecule has 1 aliphatic rings. The van der Waals surface area contributed by atoms with E-state index >= 15 is 0 Å². The molecule has 0 spiro atoms. The number of nitrogens with one attached hydrogen (secondary N) is 1. The van der Waals surface area contributed by atoms with Crippen LogP contribution in [0.25, 0.3) is 0 Å². The molecule has 2 heterocycles. The van der Waals surface area contributed by atoms with Crippen LogP contribution in [0.3, 0.4) is 0 Å². The number of carbonyl (C=O) groups is 1. The highest BCUT2D eigenvalue weighted by atomic mass is 16.5. The summed E-state index contributed by atoms with van der Waals surface area (Å²) in [6.45, 7) is 6.78. The van der Waals surface area contributed by atoms with Gasteiger partial charge in [-0.15, -0.1) is 0 Å². The number of piperidine rings is 1. The van der Waals surface area contributed by atoms with Crippen LogP contribution < -0.4 is 5.32 Å². The number of carbonyl (C=O) groups excluding carboxylic acids is 1. The standard InChI is InChI=1S/C15H25N3O2/c1-11(2)13-10-14(20-17-13)15(19)18-8-5-12(6-9-18)4-7-16-3/h10-12,16H,4-9H2,1-3H3. The maximum absolute atomic E-state index is 12.3. The Morgan fingerprint density at radius 3 is 2.75 bits per heavy atom. The molecule has 0 aliphatic carbocycles. The summed E-state index contributed by atoms with van der Waals surface area (Å²) in [5.41, 5.74) is 0.845. The quantitative estimate of drug-likeness (QED) is 0.898. The van der Waals surface area contributed by atoms with Crippen molar-refractivity contribution < 1.29 is 9.32 Å². The Labute approximate surface area is 120 Å². The van der Waals surface area contributed by atoms with Gasteiger partial charge in [0.2, 0.25) is 5.76 Å². The average molecular weight is 279 g/mol. The van der Waals surface area contributed by atoms with E-state index < -0.39 is 0 Å². The normalized spacial score (nSPS) is 16.9. The summed E-state index contributed by atoms with van der Waals surface area (Å²) in [5, 5.41) is 7.14. The second kappa shape index (κ2) is 6.88. The van der Waals surface area contributed by atoms with Gasteiger partial charge in [-0.3, -0.25) is 4.79 Å². The highest BCUT2D eigenvalue weighted by Crippen LogP contribution is 2.22. The molecule has 1 amide bonds. The zero-order valence-corrected chi connectivity index (χ0v) is 12.7. The van der Waals surface area contributed by atoms with Crippen molar-refractivity contribution >= 4 is 5.91 Å². The summed E-state index contributed by atoms with van der Waals surface area (Å²) in [6, 6.07) is 1.78. The molecule has 0 saturated carbocycles. The van der Waals surface area contributed by atoms with Gasteiger partial charge >= 0.3 is 0 Å². The smallest absolute Gasteiger partial charge is 0.292 e. The molecule has 1 aliphatic heterocycles. The summed E-state index contributed by atoms with van der Waals surface area (Å²) < 4.78 is 5.18. The number of rotatable bonds is 5. The Morgan fingerprint density at radius 2 is 2.20 bits per heavy atom. The molecule has 5 heteroatoms. The highest BCUT2D eigenvalue weighted by molar-refractivity contribution is 5.91. The maximum atomic E-state index is 12.3.